The predicted octanol–water partition coefficient (Wildman–Crippen LogP) is 2.54. The van der Waals surface area contributed by atoms with Crippen molar-refractivity contribution in [2.75, 3.05) is 0 Å². The fourth-order valence-corrected chi connectivity index (χ4v) is 1.12. The third-order valence-corrected chi connectivity index (χ3v) is 2.21. The highest BCUT2D eigenvalue weighted by molar-refractivity contribution is 6.42. The first kappa shape index (κ1) is 12.5. The molecule has 0 aromatic heterocycles. The van der Waals surface area contributed by atoms with Crippen LogP contribution in [0.5, 0.6) is 5.75 Å². The number of hydrogen-bond acceptors (Lipinski definition) is 3. The van der Waals surface area contributed by atoms with Gasteiger partial charge in [0.05, 0.1) is 10.0 Å². The van der Waals surface area contributed by atoms with Crippen molar-refractivity contribution >= 4 is 35.1 Å². The number of halogens is 2. The smallest absolute Gasteiger partial charge is 0.336 e. The largest absolute Gasteiger partial charge is 0.478 e. The first-order chi connectivity index (χ1) is 7.49. The summed E-state index contributed by atoms with van der Waals surface area (Å²) in [5.41, 5.74) is 0. The average molecular weight is 261 g/mol. The maximum absolute atomic E-state index is 11.1. The summed E-state index contributed by atoms with van der Waals surface area (Å²) in [6.45, 7) is 0. The molecule has 6 heteroatoms. The number of carboxylic acids is 1. The van der Waals surface area contributed by atoms with E-state index in [9.17, 15) is 9.59 Å². The van der Waals surface area contributed by atoms with Crippen LogP contribution in [0.25, 0.3) is 0 Å². The van der Waals surface area contributed by atoms with Crippen molar-refractivity contribution < 1.29 is 19.4 Å². The zero-order valence-corrected chi connectivity index (χ0v) is 9.33. The zero-order valence-electron chi connectivity index (χ0n) is 7.81. The van der Waals surface area contributed by atoms with Crippen LogP contribution in [0.4, 0.5) is 0 Å². The van der Waals surface area contributed by atoms with Crippen molar-refractivity contribution in [2.24, 2.45) is 0 Å². The minimum atomic E-state index is -1.23. The zero-order chi connectivity index (χ0) is 12.1. The van der Waals surface area contributed by atoms with E-state index in [1.165, 1.54) is 18.2 Å². The van der Waals surface area contributed by atoms with Crippen molar-refractivity contribution in [3.05, 3.63) is 40.4 Å². The molecule has 0 aliphatic heterocycles. The summed E-state index contributed by atoms with van der Waals surface area (Å²) in [4.78, 5) is 21.2. The molecule has 1 rings (SSSR count). The minimum Gasteiger partial charge on any atom is -0.478 e. The first-order valence-electron chi connectivity index (χ1n) is 4.07. The van der Waals surface area contributed by atoms with Gasteiger partial charge in [-0.1, -0.05) is 23.2 Å². The number of esters is 1. The molecule has 0 heterocycles. The minimum absolute atomic E-state index is 0.189. The standard InChI is InChI=1S/C10H6Cl2O4/c11-7-2-1-6(5-8(7)12)16-10(15)4-3-9(13)14/h1-5H,(H,13,14)/b4-3+. The molecule has 0 radical (unpaired) electrons. The van der Waals surface area contributed by atoms with Crippen molar-refractivity contribution in [3.63, 3.8) is 0 Å². The van der Waals surface area contributed by atoms with Gasteiger partial charge in [-0.25, -0.2) is 9.59 Å². The highest BCUT2D eigenvalue weighted by Crippen LogP contribution is 2.26. The Morgan fingerprint density at radius 1 is 1.19 bits per heavy atom. The Hall–Kier alpha value is -1.52. The fraction of sp³-hybridized carbons (Fsp3) is 0. The van der Waals surface area contributed by atoms with Gasteiger partial charge >= 0.3 is 11.9 Å². The summed E-state index contributed by atoms with van der Waals surface area (Å²) < 4.78 is 4.77. The van der Waals surface area contributed by atoms with Crippen molar-refractivity contribution in [3.8, 4) is 5.75 Å². The lowest BCUT2D eigenvalue weighted by molar-refractivity contribution is -0.133. The SMILES string of the molecule is O=C(O)/C=C/C(=O)Oc1ccc(Cl)c(Cl)c1. The van der Waals surface area contributed by atoms with Gasteiger partial charge in [0.25, 0.3) is 0 Å². The van der Waals surface area contributed by atoms with Crippen molar-refractivity contribution in [1.29, 1.82) is 0 Å². The van der Waals surface area contributed by atoms with E-state index in [0.717, 1.165) is 6.08 Å². The molecular formula is C10H6Cl2O4. The fourth-order valence-electron chi connectivity index (χ4n) is 0.830. The van der Waals surface area contributed by atoms with Crippen LogP contribution in [0.2, 0.25) is 10.0 Å². The maximum atomic E-state index is 11.1. The summed E-state index contributed by atoms with van der Waals surface area (Å²) in [6, 6.07) is 4.27. The van der Waals surface area contributed by atoms with Gasteiger partial charge in [0.15, 0.2) is 0 Å². The second-order valence-electron chi connectivity index (χ2n) is 2.67. The molecule has 1 aromatic carbocycles. The third kappa shape index (κ3) is 3.92. The molecule has 1 N–H and O–H groups in total. The van der Waals surface area contributed by atoms with Crippen LogP contribution in [0, 0.1) is 0 Å². The van der Waals surface area contributed by atoms with Gasteiger partial charge in [-0.15, -0.1) is 0 Å². The van der Waals surface area contributed by atoms with Gasteiger partial charge in [-0.2, -0.15) is 0 Å². The number of rotatable bonds is 3. The Morgan fingerprint density at radius 3 is 2.44 bits per heavy atom. The van der Waals surface area contributed by atoms with E-state index in [1.807, 2.05) is 0 Å². The number of benzene rings is 1. The lowest BCUT2D eigenvalue weighted by atomic mass is 10.3. The quantitative estimate of drug-likeness (QED) is 0.516. The molecule has 0 saturated heterocycles. The van der Waals surface area contributed by atoms with Gasteiger partial charge in [-0.05, 0) is 12.1 Å². The molecule has 1 aromatic rings. The van der Waals surface area contributed by atoms with Gasteiger partial charge in [0.1, 0.15) is 5.75 Å². The molecule has 0 fully saturated rings. The average Bonchev–Trinajstić information content (AvgIpc) is 2.21. The number of aliphatic carboxylic acids is 1. The summed E-state index contributed by atoms with van der Waals surface area (Å²) in [6.07, 6.45) is 1.48. The molecule has 0 spiro atoms. The third-order valence-electron chi connectivity index (χ3n) is 1.47. The lowest BCUT2D eigenvalue weighted by Gasteiger charge is -2.02. The van der Waals surface area contributed by atoms with Crippen LogP contribution in [-0.4, -0.2) is 17.0 Å². The van der Waals surface area contributed by atoms with E-state index in [-0.39, 0.29) is 10.8 Å². The van der Waals surface area contributed by atoms with Gasteiger partial charge in [0.2, 0.25) is 0 Å². The molecule has 0 bridgehead atoms. The Labute approximate surface area is 101 Å². The molecule has 0 aliphatic rings. The Bertz CT molecular complexity index is 454. The maximum Gasteiger partial charge on any atom is 0.336 e. The van der Waals surface area contributed by atoms with Crippen LogP contribution in [-0.2, 0) is 9.59 Å². The van der Waals surface area contributed by atoms with Crippen LogP contribution in [0.3, 0.4) is 0 Å². The van der Waals surface area contributed by atoms with Crippen LogP contribution in [0.15, 0.2) is 30.4 Å². The number of hydrogen-bond donors (Lipinski definition) is 1. The molecule has 84 valence electrons. The molecule has 4 nitrogen and oxygen atoms in total. The van der Waals surface area contributed by atoms with Crippen LogP contribution >= 0.6 is 23.2 Å². The summed E-state index contributed by atoms with van der Waals surface area (Å²) in [5.74, 6) is -1.85. The lowest BCUT2D eigenvalue weighted by Crippen LogP contribution is -2.04. The molecule has 0 aliphatic carbocycles. The van der Waals surface area contributed by atoms with E-state index in [0.29, 0.717) is 11.1 Å². The predicted molar refractivity (Wildman–Crippen MR) is 58.9 cm³/mol. The normalized spacial score (nSPS) is 10.4. The van der Waals surface area contributed by atoms with E-state index >= 15 is 0 Å². The number of carbonyl (C=O) groups is 2. The van der Waals surface area contributed by atoms with Gasteiger partial charge in [-0.3, -0.25) is 0 Å². The highest BCUT2D eigenvalue weighted by atomic mass is 35.5. The summed E-state index contributed by atoms with van der Waals surface area (Å²) in [7, 11) is 0. The monoisotopic (exact) mass is 260 g/mol. The second-order valence-corrected chi connectivity index (χ2v) is 3.48. The van der Waals surface area contributed by atoms with Crippen LogP contribution in [0.1, 0.15) is 0 Å². The molecule has 0 atom stereocenters. The van der Waals surface area contributed by atoms with Gasteiger partial charge < -0.3 is 9.84 Å². The Morgan fingerprint density at radius 2 is 1.88 bits per heavy atom. The summed E-state index contributed by atoms with van der Waals surface area (Å²) in [5, 5.41) is 8.86. The second kappa shape index (κ2) is 5.53. The number of ether oxygens (including phenoxy) is 1. The number of carbonyl (C=O) groups excluding carboxylic acids is 1. The van der Waals surface area contributed by atoms with Gasteiger partial charge in [0, 0.05) is 18.2 Å². The highest BCUT2D eigenvalue weighted by Gasteiger charge is 2.04. The molecular weight excluding hydrogens is 255 g/mol. The van der Waals surface area contributed by atoms with Crippen molar-refractivity contribution in [2.45, 2.75) is 0 Å². The molecule has 0 amide bonds. The van der Waals surface area contributed by atoms with E-state index < -0.39 is 11.9 Å². The van der Waals surface area contributed by atoms with E-state index in [1.54, 1.807) is 0 Å². The van der Waals surface area contributed by atoms with E-state index in [2.05, 4.69) is 0 Å². The van der Waals surface area contributed by atoms with Crippen molar-refractivity contribution in [1.82, 2.24) is 0 Å². The first-order valence-corrected chi connectivity index (χ1v) is 4.82. The van der Waals surface area contributed by atoms with Crippen LogP contribution < -0.4 is 4.74 Å². The Balaban J connectivity index is 2.70. The summed E-state index contributed by atoms with van der Waals surface area (Å²) >= 11 is 11.3. The molecule has 0 saturated carbocycles. The molecule has 0 unspecified atom stereocenters. The molecule has 16 heavy (non-hydrogen) atoms. The van der Waals surface area contributed by atoms with E-state index in [4.69, 9.17) is 33.0 Å². The topological polar surface area (TPSA) is 63.6 Å². The Kier molecular flexibility index (Phi) is 4.34. The number of carboxylic acid groups (broad SMARTS) is 1.